The Labute approximate surface area is 189 Å². The van der Waals surface area contributed by atoms with Gasteiger partial charge < -0.3 is 19.7 Å². The number of benzene rings is 2. The van der Waals surface area contributed by atoms with Gasteiger partial charge >= 0.3 is 0 Å². The number of Topliss-reactive ketones (excluding diaryl/α,β-unsaturated/α-hetero) is 1. The lowest BCUT2D eigenvalue weighted by atomic mass is 10.1. The summed E-state index contributed by atoms with van der Waals surface area (Å²) in [6.45, 7) is 0.211. The van der Waals surface area contributed by atoms with Gasteiger partial charge in [0.25, 0.3) is 11.8 Å². The van der Waals surface area contributed by atoms with E-state index in [1.54, 1.807) is 12.1 Å². The van der Waals surface area contributed by atoms with E-state index in [1.165, 1.54) is 30.1 Å². The van der Waals surface area contributed by atoms with E-state index in [2.05, 4.69) is 5.32 Å². The molecule has 8 heteroatoms. The molecular formula is C25H21FN2O5. The highest BCUT2D eigenvalue weighted by molar-refractivity contribution is 6.14. The lowest BCUT2D eigenvalue weighted by molar-refractivity contribution is -0.126. The number of aliphatic hydroxyl groups is 1. The van der Waals surface area contributed by atoms with E-state index in [9.17, 15) is 23.9 Å². The van der Waals surface area contributed by atoms with Crippen molar-refractivity contribution in [3.63, 3.8) is 0 Å². The molecule has 2 amide bonds. The van der Waals surface area contributed by atoms with Crippen molar-refractivity contribution in [3.8, 4) is 0 Å². The Hall–Kier alpha value is -4.20. The molecule has 0 radical (unpaired) electrons. The van der Waals surface area contributed by atoms with Crippen LogP contribution in [0, 0.1) is 5.82 Å². The van der Waals surface area contributed by atoms with E-state index in [4.69, 9.17) is 4.42 Å². The van der Waals surface area contributed by atoms with Gasteiger partial charge in [-0.1, -0.05) is 42.5 Å². The van der Waals surface area contributed by atoms with Crippen molar-refractivity contribution in [1.29, 1.82) is 0 Å². The van der Waals surface area contributed by atoms with E-state index >= 15 is 0 Å². The maximum atomic E-state index is 13.3. The fourth-order valence-electron chi connectivity index (χ4n) is 3.55. The molecule has 1 aliphatic rings. The molecule has 0 unspecified atom stereocenters. The van der Waals surface area contributed by atoms with Crippen LogP contribution in [0.1, 0.15) is 37.8 Å². The normalized spacial score (nSPS) is 13.5. The lowest BCUT2D eigenvalue weighted by Crippen LogP contribution is -2.23. The van der Waals surface area contributed by atoms with Crippen LogP contribution in [-0.4, -0.2) is 41.2 Å². The maximum absolute atomic E-state index is 13.3. The number of ketones is 1. The van der Waals surface area contributed by atoms with Crippen LogP contribution in [0.25, 0.3) is 0 Å². The van der Waals surface area contributed by atoms with Crippen LogP contribution in [-0.2, 0) is 17.8 Å². The maximum Gasteiger partial charge on any atom is 0.289 e. The van der Waals surface area contributed by atoms with Gasteiger partial charge in [-0.15, -0.1) is 0 Å². The Kier molecular flexibility index (Phi) is 6.08. The van der Waals surface area contributed by atoms with Gasteiger partial charge in [-0.25, -0.2) is 4.39 Å². The average molecular weight is 448 g/mol. The van der Waals surface area contributed by atoms with Gasteiger partial charge in [-0.2, -0.15) is 0 Å². The zero-order valence-corrected chi connectivity index (χ0v) is 17.8. The molecule has 1 aromatic heterocycles. The summed E-state index contributed by atoms with van der Waals surface area (Å²) in [6.07, 6.45) is 0.144. The van der Waals surface area contributed by atoms with E-state index < -0.39 is 29.2 Å². The van der Waals surface area contributed by atoms with Gasteiger partial charge in [-0.05, 0) is 23.3 Å². The minimum atomic E-state index is -0.673. The van der Waals surface area contributed by atoms with Crippen LogP contribution >= 0.6 is 0 Å². The second kappa shape index (κ2) is 9.12. The minimum absolute atomic E-state index is 0.0625. The number of hydrogen-bond acceptors (Lipinski definition) is 5. The molecule has 2 heterocycles. The first-order valence-corrected chi connectivity index (χ1v) is 10.2. The van der Waals surface area contributed by atoms with Crippen LogP contribution in [0.4, 0.5) is 4.39 Å². The first-order chi connectivity index (χ1) is 15.8. The minimum Gasteiger partial charge on any atom is -0.503 e. The summed E-state index contributed by atoms with van der Waals surface area (Å²) in [5.74, 6) is -2.75. The third kappa shape index (κ3) is 4.69. The smallest absolute Gasteiger partial charge is 0.289 e. The number of furan rings is 1. The fraction of sp³-hybridized carbons (Fsp3) is 0.160. The van der Waals surface area contributed by atoms with Crippen LogP contribution in [0.2, 0.25) is 0 Å². The summed E-state index contributed by atoms with van der Waals surface area (Å²) in [6, 6.07) is 16.3. The van der Waals surface area contributed by atoms with Gasteiger partial charge in [0.1, 0.15) is 11.6 Å². The van der Waals surface area contributed by atoms with E-state index in [0.29, 0.717) is 5.56 Å². The topological polar surface area (TPSA) is 99.8 Å². The van der Waals surface area contributed by atoms with Gasteiger partial charge in [0.15, 0.2) is 11.5 Å². The summed E-state index contributed by atoms with van der Waals surface area (Å²) >= 11 is 0. The molecule has 7 nitrogen and oxygen atoms in total. The van der Waals surface area contributed by atoms with Crippen molar-refractivity contribution < 1.29 is 28.3 Å². The molecule has 0 bridgehead atoms. The zero-order chi connectivity index (χ0) is 23.5. The highest BCUT2D eigenvalue weighted by Gasteiger charge is 2.34. The van der Waals surface area contributed by atoms with Gasteiger partial charge in [0.2, 0.25) is 5.78 Å². The molecule has 0 spiro atoms. The Morgan fingerprint density at radius 1 is 1.09 bits per heavy atom. The number of carbonyl (C=O) groups excluding carboxylic acids is 3. The second-order valence-electron chi connectivity index (χ2n) is 7.74. The molecule has 0 atom stereocenters. The van der Waals surface area contributed by atoms with E-state index in [-0.39, 0.29) is 42.2 Å². The summed E-state index contributed by atoms with van der Waals surface area (Å²) in [5, 5.41) is 12.8. The fourth-order valence-corrected chi connectivity index (χ4v) is 3.55. The molecule has 2 N–H and O–H groups in total. The molecular weight excluding hydrogens is 427 g/mol. The number of aliphatic hydroxyl groups excluding tert-OH is 1. The Morgan fingerprint density at radius 2 is 1.79 bits per heavy atom. The largest absolute Gasteiger partial charge is 0.503 e. The predicted octanol–water partition coefficient (Wildman–Crippen LogP) is 3.41. The summed E-state index contributed by atoms with van der Waals surface area (Å²) in [5.41, 5.74) is 1.63. The van der Waals surface area contributed by atoms with Crippen LogP contribution in [0.3, 0.4) is 0 Å². The number of nitrogens with zero attached hydrogens (tertiary/aromatic N) is 1. The van der Waals surface area contributed by atoms with Crippen molar-refractivity contribution in [2.24, 2.45) is 0 Å². The number of nitrogens with one attached hydrogen (secondary N) is 1. The molecule has 0 aliphatic carbocycles. The zero-order valence-electron chi connectivity index (χ0n) is 17.8. The van der Waals surface area contributed by atoms with Crippen LogP contribution < -0.4 is 5.32 Å². The van der Waals surface area contributed by atoms with Crippen molar-refractivity contribution >= 4 is 17.6 Å². The summed E-state index contributed by atoms with van der Waals surface area (Å²) in [7, 11) is 1.46. The summed E-state index contributed by atoms with van der Waals surface area (Å²) in [4.78, 5) is 39.0. The number of likely N-dealkylation sites (N-methyl/N-ethyl adjacent to an activating group) is 1. The quantitative estimate of drug-likeness (QED) is 0.540. The molecule has 0 fully saturated rings. The molecule has 1 aliphatic heterocycles. The lowest BCUT2D eigenvalue weighted by Gasteiger charge is -2.06. The molecule has 0 saturated heterocycles. The van der Waals surface area contributed by atoms with Crippen molar-refractivity contribution in [3.05, 3.63) is 106 Å². The monoisotopic (exact) mass is 448 g/mol. The SMILES string of the molecule is CN1CC(C(=O)c2cc(C(=O)NCc3ccccc3)c(Cc3ccc(F)cc3)o2)=C(O)C1=O. The highest BCUT2D eigenvalue weighted by Crippen LogP contribution is 2.25. The first kappa shape index (κ1) is 22.0. The van der Waals surface area contributed by atoms with Crippen LogP contribution in [0.15, 0.2) is 76.4 Å². The number of rotatable bonds is 7. The number of hydrogen-bond donors (Lipinski definition) is 2. The number of amides is 2. The van der Waals surface area contributed by atoms with Gasteiger partial charge in [-0.3, -0.25) is 14.4 Å². The standard InChI is InChI=1S/C25H21FN2O5/c1-28-14-19(23(30)25(28)32)22(29)21-12-18(24(31)27-13-16-5-3-2-4-6-16)20(33-21)11-15-7-9-17(26)10-8-15/h2-10,12,30H,11,13-14H2,1H3,(H,27,31). The average Bonchev–Trinajstić information content (AvgIpc) is 3.35. The Balaban J connectivity index is 1.63. The Bertz CT molecular complexity index is 1250. The predicted molar refractivity (Wildman–Crippen MR) is 117 cm³/mol. The van der Waals surface area contributed by atoms with Crippen molar-refractivity contribution in [2.45, 2.75) is 13.0 Å². The second-order valence-corrected chi connectivity index (χ2v) is 7.74. The third-order valence-electron chi connectivity index (χ3n) is 5.36. The van der Waals surface area contributed by atoms with Crippen LogP contribution in [0.5, 0.6) is 0 Å². The molecule has 168 valence electrons. The van der Waals surface area contributed by atoms with Gasteiger partial charge in [0, 0.05) is 26.1 Å². The van der Waals surface area contributed by atoms with Crippen molar-refractivity contribution in [1.82, 2.24) is 10.2 Å². The number of carbonyl (C=O) groups is 3. The van der Waals surface area contributed by atoms with Gasteiger partial charge in [0.05, 0.1) is 17.7 Å². The number of halogens is 1. The van der Waals surface area contributed by atoms with Crippen molar-refractivity contribution in [2.75, 3.05) is 13.6 Å². The molecule has 4 rings (SSSR count). The molecule has 0 saturated carbocycles. The molecule has 3 aromatic rings. The summed E-state index contributed by atoms with van der Waals surface area (Å²) < 4.78 is 19.0. The highest BCUT2D eigenvalue weighted by atomic mass is 19.1. The Morgan fingerprint density at radius 3 is 2.42 bits per heavy atom. The third-order valence-corrected chi connectivity index (χ3v) is 5.36. The molecule has 2 aromatic carbocycles. The first-order valence-electron chi connectivity index (χ1n) is 10.2. The van der Waals surface area contributed by atoms with E-state index in [1.807, 2.05) is 30.3 Å². The van der Waals surface area contributed by atoms with E-state index in [0.717, 1.165) is 5.56 Å². The molecule has 33 heavy (non-hydrogen) atoms.